The van der Waals surface area contributed by atoms with E-state index in [4.69, 9.17) is 27.9 Å². The number of benzene rings is 1. The SMILES string of the molecule is COCc1cc(Cl)c2cccc(Cl)c2n1. The fraction of sp³-hybridized carbons (Fsp3) is 0.182. The van der Waals surface area contributed by atoms with Gasteiger partial charge in [0.05, 0.1) is 27.9 Å². The van der Waals surface area contributed by atoms with Crippen LogP contribution in [0.1, 0.15) is 5.69 Å². The van der Waals surface area contributed by atoms with Gasteiger partial charge in [-0.15, -0.1) is 0 Å². The minimum absolute atomic E-state index is 0.431. The van der Waals surface area contributed by atoms with Crippen LogP contribution in [0.5, 0.6) is 0 Å². The molecule has 0 fully saturated rings. The van der Waals surface area contributed by atoms with E-state index in [1.54, 1.807) is 19.2 Å². The highest BCUT2D eigenvalue weighted by molar-refractivity contribution is 6.39. The highest BCUT2D eigenvalue weighted by atomic mass is 35.5. The lowest BCUT2D eigenvalue weighted by Gasteiger charge is -2.05. The Labute approximate surface area is 97.8 Å². The number of halogens is 2. The molecule has 78 valence electrons. The number of para-hydroxylation sites is 1. The number of pyridine rings is 1. The molecule has 4 heteroatoms. The van der Waals surface area contributed by atoms with Crippen molar-refractivity contribution in [2.45, 2.75) is 6.61 Å². The first-order valence-corrected chi connectivity index (χ1v) is 5.20. The fourth-order valence-corrected chi connectivity index (χ4v) is 1.94. The Hall–Kier alpha value is -0.830. The van der Waals surface area contributed by atoms with Crippen molar-refractivity contribution in [2.75, 3.05) is 7.11 Å². The van der Waals surface area contributed by atoms with Gasteiger partial charge in [-0.3, -0.25) is 0 Å². The van der Waals surface area contributed by atoms with E-state index in [2.05, 4.69) is 4.98 Å². The molecule has 0 N–H and O–H groups in total. The lowest BCUT2D eigenvalue weighted by atomic mass is 10.2. The third kappa shape index (κ3) is 2.07. The Morgan fingerprint density at radius 1 is 1.27 bits per heavy atom. The maximum absolute atomic E-state index is 6.12. The van der Waals surface area contributed by atoms with Crippen LogP contribution in [0.4, 0.5) is 0 Å². The number of ether oxygens (including phenoxy) is 1. The molecule has 0 aliphatic heterocycles. The molecular formula is C11H9Cl2NO. The normalized spacial score (nSPS) is 10.9. The monoisotopic (exact) mass is 241 g/mol. The lowest BCUT2D eigenvalue weighted by molar-refractivity contribution is 0.182. The second kappa shape index (κ2) is 4.35. The molecule has 0 aliphatic rings. The minimum atomic E-state index is 0.431. The Balaban J connectivity index is 2.68. The molecule has 0 saturated carbocycles. The van der Waals surface area contributed by atoms with Crippen LogP contribution in [0.2, 0.25) is 10.0 Å². The second-order valence-corrected chi connectivity index (χ2v) is 3.98. The van der Waals surface area contributed by atoms with Gasteiger partial charge < -0.3 is 4.74 Å². The van der Waals surface area contributed by atoms with Crippen LogP contribution in [-0.2, 0) is 11.3 Å². The van der Waals surface area contributed by atoms with Crippen LogP contribution in [0, 0.1) is 0 Å². The number of fused-ring (bicyclic) bond motifs is 1. The van der Waals surface area contributed by atoms with E-state index in [1.165, 1.54) is 0 Å². The smallest absolute Gasteiger partial charge is 0.0907 e. The van der Waals surface area contributed by atoms with Crippen molar-refractivity contribution in [2.24, 2.45) is 0 Å². The maximum Gasteiger partial charge on any atom is 0.0907 e. The molecule has 0 bridgehead atoms. The Kier molecular flexibility index (Phi) is 3.10. The van der Waals surface area contributed by atoms with Gasteiger partial charge in [0.2, 0.25) is 0 Å². The Bertz CT molecular complexity index is 499. The number of hydrogen-bond donors (Lipinski definition) is 0. The van der Waals surface area contributed by atoms with Crippen LogP contribution >= 0.6 is 23.2 Å². The summed E-state index contributed by atoms with van der Waals surface area (Å²) in [5.74, 6) is 0. The van der Waals surface area contributed by atoms with Crippen molar-refractivity contribution < 1.29 is 4.74 Å². The molecule has 1 aromatic heterocycles. The van der Waals surface area contributed by atoms with E-state index in [-0.39, 0.29) is 0 Å². The number of hydrogen-bond acceptors (Lipinski definition) is 2. The largest absolute Gasteiger partial charge is 0.378 e. The quantitative estimate of drug-likeness (QED) is 0.801. The Morgan fingerprint density at radius 3 is 2.80 bits per heavy atom. The first-order valence-electron chi connectivity index (χ1n) is 4.45. The van der Waals surface area contributed by atoms with Crippen LogP contribution in [0.25, 0.3) is 10.9 Å². The molecule has 15 heavy (non-hydrogen) atoms. The van der Waals surface area contributed by atoms with Gasteiger partial charge in [0.1, 0.15) is 0 Å². The van der Waals surface area contributed by atoms with E-state index < -0.39 is 0 Å². The van der Waals surface area contributed by atoms with Gasteiger partial charge in [-0.1, -0.05) is 35.3 Å². The molecule has 0 radical (unpaired) electrons. The molecule has 0 aliphatic carbocycles. The van der Waals surface area contributed by atoms with Crippen LogP contribution in [0.15, 0.2) is 24.3 Å². The summed E-state index contributed by atoms with van der Waals surface area (Å²) in [7, 11) is 1.62. The summed E-state index contributed by atoms with van der Waals surface area (Å²) in [5.41, 5.74) is 1.50. The molecule has 1 aromatic carbocycles. The summed E-state index contributed by atoms with van der Waals surface area (Å²) in [4.78, 5) is 4.38. The zero-order valence-corrected chi connectivity index (χ0v) is 9.64. The second-order valence-electron chi connectivity index (χ2n) is 3.16. The fourth-order valence-electron chi connectivity index (χ4n) is 1.44. The molecule has 0 atom stereocenters. The summed E-state index contributed by atoms with van der Waals surface area (Å²) in [6, 6.07) is 7.34. The van der Waals surface area contributed by atoms with Crippen LogP contribution in [-0.4, -0.2) is 12.1 Å². The molecule has 1 heterocycles. The molecule has 0 unspecified atom stereocenters. The van der Waals surface area contributed by atoms with Gasteiger partial charge in [-0.2, -0.15) is 0 Å². The number of methoxy groups -OCH3 is 1. The highest BCUT2D eigenvalue weighted by Crippen LogP contribution is 2.28. The van der Waals surface area contributed by atoms with E-state index >= 15 is 0 Å². The molecule has 2 nitrogen and oxygen atoms in total. The van der Waals surface area contributed by atoms with Gasteiger partial charge >= 0.3 is 0 Å². The van der Waals surface area contributed by atoms with Crippen LogP contribution in [0.3, 0.4) is 0 Å². The molecule has 2 aromatic rings. The number of aromatic nitrogens is 1. The predicted octanol–water partition coefficient (Wildman–Crippen LogP) is 3.69. The van der Waals surface area contributed by atoms with Crippen molar-refractivity contribution in [3.8, 4) is 0 Å². The van der Waals surface area contributed by atoms with Crippen LogP contribution < -0.4 is 0 Å². The van der Waals surface area contributed by atoms with Gasteiger partial charge in [0.25, 0.3) is 0 Å². The molecular weight excluding hydrogens is 233 g/mol. The zero-order valence-electron chi connectivity index (χ0n) is 8.13. The summed E-state index contributed by atoms with van der Waals surface area (Å²) in [5, 5.41) is 2.12. The van der Waals surface area contributed by atoms with Crippen molar-refractivity contribution in [3.05, 3.63) is 40.0 Å². The van der Waals surface area contributed by atoms with Crippen molar-refractivity contribution in [1.29, 1.82) is 0 Å². The molecule has 0 amide bonds. The summed E-state index contributed by atoms with van der Waals surface area (Å²) in [6.07, 6.45) is 0. The molecule has 0 spiro atoms. The third-order valence-electron chi connectivity index (χ3n) is 2.09. The van der Waals surface area contributed by atoms with Gasteiger partial charge in [-0.05, 0) is 12.1 Å². The van der Waals surface area contributed by atoms with E-state index in [0.29, 0.717) is 16.7 Å². The van der Waals surface area contributed by atoms with E-state index in [1.807, 2.05) is 12.1 Å². The van der Waals surface area contributed by atoms with Gasteiger partial charge in [-0.25, -0.2) is 4.98 Å². The predicted molar refractivity (Wildman–Crippen MR) is 62.5 cm³/mol. The van der Waals surface area contributed by atoms with Crippen molar-refractivity contribution >= 4 is 34.1 Å². The van der Waals surface area contributed by atoms with Crippen molar-refractivity contribution in [3.63, 3.8) is 0 Å². The topological polar surface area (TPSA) is 22.1 Å². The highest BCUT2D eigenvalue weighted by Gasteiger charge is 2.06. The number of rotatable bonds is 2. The Morgan fingerprint density at radius 2 is 2.07 bits per heavy atom. The van der Waals surface area contributed by atoms with E-state index in [9.17, 15) is 0 Å². The number of nitrogens with zero attached hydrogens (tertiary/aromatic N) is 1. The van der Waals surface area contributed by atoms with Gasteiger partial charge in [0, 0.05) is 12.5 Å². The third-order valence-corrected chi connectivity index (χ3v) is 2.70. The average molecular weight is 242 g/mol. The minimum Gasteiger partial charge on any atom is -0.378 e. The summed E-state index contributed by atoms with van der Waals surface area (Å²) in [6.45, 7) is 0.431. The zero-order chi connectivity index (χ0) is 10.8. The first kappa shape index (κ1) is 10.7. The molecule has 2 rings (SSSR count). The lowest BCUT2D eigenvalue weighted by Crippen LogP contribution is -1.93. The van der Waals surface area contributed by atoms with Crippen molar-refractivity contribution in [1.82, 2.24) is 4.98 Å². The summed E-state index contributed by atoms with van der Waals surface area (Å²) < 4.78 is 5.01. The maximum atomic E-state index is 6.12. The van der Waals surface area contributed by atoms with Gasteiger partial charge in [0.15, 0.2) is 0 Å². The first-order chi connectivity index (χ1) is 7.22. The standard InChI is InChI=1S/C11H9Cl2NO/c1-15-6-7-5-10(13)8-3-2-4-9(12)11(8)14-7/h2-5H,6H2,1H3. The molecule has 0 saturated heterocycles. The average Bonchev–Trinajstić information content (AvgIpc) is 2.20. The van der Waals surface area contributed by atoms with E-state index in [0.717, 1.165) is 16.6 Å². The summed E-state index contributed by atoms with van der Waals surface area (Å²) >= 11 is 12.2.